The molecule has 130 valence electrons. The van der Waals surface area contributed by atoms with Gasteiger partial charge in [-0.2, -0.15) is 5.10 Å². The van der Waals surface area contributed by atoms with Crippen molar-refractivity contribution in [2.24, 2.45) is 0 Å². The van der Waals surface area contributed by atoms with Crippen molar-refractivity contribution >= 4 is 39.1 Å². The maximum Gasteiger partial charge on any atom is 0.264 e. The molecule has 1 aliphatic rings. The molecule has 1 fully saturated rings. The molecule has 1 unspecified atom stereocenters. The molecule has 1 saturated heterocycles. The van der Waals surface area contributed by atoms with Crippen LogP contribution in [0.15, 0.2) is 30.3 Å². The predicted octanol–water partition coefficient (Wildman–Crippen LogP) is 3.48. The van der Waals surface area contributed by atoms with E-state index in [4.69, 9.17) is 11.6 Å². The molecular weight excluding hydrogens is 356 g/mol. The summed E-state index contributed by atoms with van der Waals surface area (Å²) in [7, 11) is 1.89. The van der Waals surface area contributed by atoms with Gasteiger partial charge >= 0.3 is 0 Å². The molecule has 5 nitrogen and oxygen atoms in total. The molecule has 1 aliphatic heterocycles. The van der Waals surface area contributed by atoms with Gasteiger partial charge in [-0.15, -0.1) is 11.3 Å². The number of aromatic nitrogens is 2. The van der Waals surface area contributed by atoms with Gasteiger partial charge in [-0.3, -0.25) is 4.79 Å². The standard InChI is InChI=1S/C18H19ClN4OS/c1-11-13-9-16(17(24)22(2)12-7-8-20-10-12)25-18(13)23(21-11)15-6-4-3-5-14(15)19/h3-6,9,12,20H,7-8,10H2,1-2H3. The van der Waals surface area contributed by atoms with E-state index in [0.717, 1.165) is 46.0 Å². The van der Waals surface area contributed by atoms with Crippen molar-refractivity contribution in [3.05, 3.63) is 45.9 Å². The van der Waals surface area contributed by atoms with E-state index in [2.05, 4.69) is 10.4 Å². The first kappa shape index (κ1) is 16.6. The molecule has 1 N–H and O–H groups in total. The number of likely N-dealkylation sites (N-methyl/N-ethyl adjacent to an activating group) is 1. The molecule has 0 radical (unpaired) electrons. The minimum atomic E-state index is 0.0695. The summed E-state index contributed by atoms with van der Waals surface area (Å²) in [5, 5.41) is 9.57. The van der Waals surface area contributed by atoms with Crippen molar-refractivity contribution in [2.45, 2.75) is 19.4 Å². The Balaban J connectivity index is 1.74. The number of para-hydroxylation sites is 1. The zero-order chi connectivity index (χ0) is 17.6. The van der Waals surface area contributed by atoms with Crippen molar-refractivity contribution in [3.63, 3.8) is 0 Å². The molecule has 25 heavy (non-hydrogen) atoms. The number of amides is 1. The SMILES string of the molecule is Cc1nn(-c2ccccc2Cl)c2sc(C(=O)N(C)C3CCNC3)cc12. The summed E-state index contributed by atoms with van der Waals surface area (Å²) < 4.78 is 1.84. The van der Waals surface area contributed by atoms with Gasteiger partial charge in [0, 0.05) is 25.0 Å². The predicted molar refractivity (Wildman–Crippen MR) is 102 cm³/mol. The third-order valence-electron chi connectivity index (χ3n) is 4.74. The van der Waals surface area contributed by atoms with Crippen LogP contribution < -0.4 is 5.32 Å². The first-order valence-corrected chi connectivity index (χ1v) is 9.47. The average molecular weight is 375 g/mol. The number of nitrogens with one attached hydrogen (secondary N) is 1. The van der Waals surface area contributed by atoms with Crippen LogP contribution in [0.5, 0.6) is 0 Å². The minimum absolute atomic E-state index is 0.0695. The summed E-state index contributed by atoms with van der Waals surface area (Å²) in [5.41, 5.74) is 1.73. The largest absolute Gasteiger partial charge is 0.337 e. The van der Waals surface area contributed by atoms with E-state index in [1.807, 2.05) is 53.9 Å². The molecule has 7 heteroatoms. The fourth-order valence-electron chi connectivity index (χ4n) is 3.25. The van der Waals surface area contributed by atoms with Gasteiger partial charge in [-0.1, -0.05) is 23.7 Å². The van der Waals surface area contributed by atoms with Crippen molar-refractivity contribution < 1.29 is 4.79 Å². The zero-order valence-electron chi connectivity index (χ0n) is 14.1. The Hall–Kier alpha value is -1.89. The molecule has 3 aromatic rings. The Morgan fingerprint density at radius 2 is 2.24 bits per heavy atom. The number of benzene rings is 1. The van der Waals surface area contributed by atoms with Gasteiger partial charge in [0.05, 0.1) is 21.3 Å². The lowest BCUT2D eigenvalue weighted by Gasteiger charge is -2.22. The van der Waals surface area contributed by atoms with Crippen LogP contribution in [-0.4, -0.2) is 46.8 Å². The first-order chi connectivity index (χ1) is 12.1. The maximum atomic E-state index is 12.9. The summed E-state index contributed by atoms with van der Waals surface area (Å²) in [6.45, 7) is 3.79. The molecular formula is C18H19ClN4OS. The van der Waals surface area contributed by atoms with Crippen LogP contribution in [0.1, 0.15) is 21.8 Å². The summed E-state index contributed by atoms with van der Waals surface area (Å²) >= 11 is 7.81. The van der Waals surface area contributed by atoms with Crippen molar-refractivity contribution in [3.8, 4) is 5.69 Å². The number of rotatable bonds is 3. The summed E-state index contributed by atoms with van der Waals surface area (Å²) in [6, 6.07) is 9.83. The molecule has 3 heterocycles. The number of carbonyl (C=O) groups excluding carboxylic acids is 1. The van der Waals surface area contributed by atoms with Crippen molar-refractivity contribution in [2.75, 3.05) is 20.1 Å². The third-order valence-corrected chi connectivity index (χ3v) is 6.16. The molecule has 1 aromatic carbocycles. The zero-order valence-corrected chi connectivity index (χ0v) is 15.7. The lowest BCUT2D eigenvalue weighted by Crippen LogP contribution is -2.37. The molecule has 2 aromatic heterocycles. The Kier molecular flexibility index (Phi) is 4.27. The molecule has 1 atom stereocenters. The fourth-order valence-corrected chi connectivity index (χ4v) is 4.62. The Morgan fingerprint density at radius 1 is 1.44 bits per heavy atom. The summed E-state index contributed by atoms with van der Waals surface area (Å²) in [6.07, 6.45) is 1.000. The van der Waals surface area contributed by atoms with Crippen LogP contribution in [0.3, 0.4) is 0 Å². The second kappa shape index (κ2) is 6.44. The van der Waals surface area contributed by atoms with Gasteiger partial charge < -0.3 is 10.2 Å². The number of nitrogens with zero attached hydrogens (tertiary/aromatic N) is 3. The number of hydrogen-bond donors (Lipinski definition) is 1. The normalized spacial score (nSPS) is 17.3. The van der Waals surface area contributed by atoms with E-state index in [9.17, 15) is 4.79 Å². The van der Waals surface area contributed by atoms with E-state index in [1.54, 1.807) is 0 Å². The van der Waals surface area contributed by atoms with Crippen LogP contribution >= 0.6 is 22.9 Å². The van der Waals surface area contributed by atoms with Gasteiger partial charge in [-0.25, -0.2) is 4.68 Å². The van der Waals surface area contributed by atoms with E-state index in [1.165, 1.54) is 11.3 Å². The summed E-state index contributed by atoms with van der Waals surface area (Å²) in [5.74, 6) is 0.0695. The van der Waals surface area contributed by atoms with E-state index in [0.29, 0.717) is 5.02 Å². The van der Waals surface area contributed by atoms with Gasteiger partial charge in [0.15, 0.2) is 0 Å². The second-order valence-corrected chi connectivity index (χ2v) is 7.78. The number of halogens is 1. The first-order valence-electron chi connectivity index (χ1n) is 8.28. The van der Waals surface area contributed by atoms with Gasteiger partial charge in [0.2, 0.25) is 0 Å². The van der Waals surface area contributed by atoms with Crippen LogP contribution in [0.2, 0.25) is 5.02 Å². The molecule has 0 spiro atoms. The number of hydrogen-bond acceptors (Lipinski definition) is 4. The van der Waals surface area contributed by atoms with Crippen LogP contribution in [0.25, 0.3) is 15.9 Å². The molecule has 0 saturated carbocycles. The quantitative estimate of drug-likeness (QED) is 0.763. The highest BCUT2D eigenvalue weighted by molar-refractivity contribution is 7.20. The number of fused-ring (bicyclic) bond motifs is 1. The lowest BCUT2D eigenvalue weighted by atomic mass is 10.2. The molecule has 4 rings (SSSR count). The van der Waals surface area contributed by atoms with Crippen molar-refractivity contribution in [1.82, 2.24) is 20.0 Å². The van der Waals surface area contributed by atoms with Gasteiger partial charge in [0.1, 0.15) is 4.83 Å². The van der Waals surface area contributed by atoms with Gasteiger partial charge in [-0.05, 0) is 38.1 Å². The smallest absolute Gasteiger partial charge is 0.264 e. The van der Waals surface area contributed by atoms with Crippen molar-refractivity contribution in [1.29, 1.82) is 0 Å². The Bertz CT molecular complexity index is 942. The Morgan fingerprint density at radius 3 is 2.96 bits per heavy atom. The fraction of sp³-hybridized carbons (Fsp3) is 0.333. The maximum absolute atomic E-state index is 12.9. The van der Waals surface area contributed by atoms with Crippen LogP contribution in [0, 0.1) is 6.92 Å². The van der Waals surface area contributed by atoms with E-state index < -0.39 is 0 Å². The topological polar surface area (TPSA) is 50.2 Å². The van der Waals surface area contributed by atoms with E-state index >= 15 is 0 Å². The molecule has 0 bridgehead atoms. The lowest BCUT2D eigenvalue weighted by molar-refractivity contribution is 0.0749. The average Bonchev–Trinajstić information content (AvgIpc) is 3.32. The Labute approximate surface area is 155 Å². The monoisotopic (exact) mass is 374 g/mol. The van der Waals surface area contributed by atoms with Crippen LogP contribution in [0.4, 0.5) is 0 Å². The van der Waals surface area contributed by atoms with Crippen LogP contribution in [-0.2, 0) is 0 Å². The summed E-state index contributed by atoms with van der Waals surface area (Å²) in [4.78, 5) is 16.4. The number of carbonyl (C=O) groups is 1. The molecule has 1 amide bonds. The highest BCUT2D eigenvalue weighted by atomic mass is 35.5. The highest BCUT2D eigenvalue weighted by Crippen LogP contribution is 2.33. The molecule has 0 aliphatic carbocycles. The number of aryl methyl sites for hydroxylation is 1. The third kappa shape index (κ3) is 2.84. The van der Waals surface area contributed by atoms with E-state index in [-0.39, 0.29) is 11.9 Å². The number of thiophene rings is 1. The highest BCUT2D eigenvalue weighted by Gasteiger charge is 2.26. The minimum Gasteiger partial charge on any atom is -0.337 e. The second-order valence-electron chi connectivity index (χ2n) is 6.34. The van der Waals surface area contributed by atoms with Gasteiger partial charge in [0.25, 0.3) is 5.91 Å².